The molecule has 0 aliphatic rings. The van der Waals surface area contributed by atoms with E-state index in [-0.39, 0.29) is 36.9 Å². The summed E-state index contributed by atoms with van der Waals surface area (Å²) in [5.74, 6) is 0.589. The van der Waals surface area contributed by atoms with Gasteiger partial charge in [-0.25, -0.2) is 9.18 Å². The molecule has 0 bridgehead atoms. The van der Waals surface area contributed by atoms with Crippen molar-refractivity contribution in [1.82, 2.24) is 15.8 Å². The van der Waals surface area contributed by atoms with Gasteiger partial charge in [-0.3, -0.25) is 0 Å². The molecule has 0 spiro atoms. The number of carbonyl (C=O) groups excluding carboxylic acids is 1. The van der Waals surface area contributed by atoms with Gasteiger partial charge in [0, 0.05) is 6.07 Å². The zero-order valence-corrected chi connectivity index (χ0v) is 14.0. The van der Waals surface area contributed by atoms with Crippen LogP contribution < -0.4 is 15.4 Å². The first-order valence-electron chi connectivity index (χ1n) is 7.83. The molecule has 0 radical (unpaired) electrons. The van der Waals surface area contributed by atoms with Crippen molar-refractivity contribution in [2.24, 2.45) is 0 Å². The summed E-state index contributed by atoms with van der Waals surface area (Å²) < 4.78 is 23.9. The molecule has 7 heteroatoms. The van der Waals surface area contributed by atoms with Gasteiger partial charge in [-0.05, 0) is 25.0 Å². The number of hydrogen-bond donors (Lipinski definition) is 2. The lowest BCUT2D eigenvalue weighted by Crippen LogP contribution is -2.43. The van der Waals surface area contributed by atoms with Crippen LogP contribution in [-0.4, -0.2) is 23.8 Å². The highest BCUT2D eigenvalue weighted by Crippen LogP contribution is 2.15. The molecular weight excluding hydrogens is 313 g/mol. The maximum Gasteiger partial charge on any atom is 0.315 e. The van der Waals surface area contributed by atoms with Crippen molar-refractivity contribution in [2.45, 2.75) is 39.3 Å². The Morgan fingerprint density at radius 2 is 2.08 bits per heavy atom. The molecule has 2 amide bonds. The van der Waals surface area contributed by atoms with Gasteiger partial charge in [0.1, 0.15) is 6.61 Å². The first-order chi connectivity index (χ1) is 11.5. The minimum Gasteiger partial charge on any atom is -0.488 e. The fourth-order valence-corrected chi connectivity index (χ4v) is 1.94. The van der Waals surface area contributed by atoms with Crippen molar-refractivity contribution in [2.75, 3.05) is 6.61 Å². The smallest absolute Gasteiger partial charge is 0.315 e. The Hall–Kier alpha value is -2.57. The van der Waals surface area contributed by atoms with Crippen LogP contribution in [0.2, 0.25) is 0 Å². The molecule has 0 saturated carbocycles. The molecule has 1 aromatic heterocycles. The third-order valence-corrected chi connectivity index (χ3v) is 3.29. The molecular formula is C17H22FN3O3. The summed E-state index contributed by atoms with van der Waals surface area (Å²) in [6.07, 6.45) is 0. The average Bonchev–Trinajstić information content (AvgIpc) is 3.01. The van der Waals surface area contributed by atoms with Gasteiger partial charge in [0.25, 0.3) is 0 Å². The molecule has 1 heterocycles. The highest BCUT2D eigenvalue weighted by atomic mass is 19.1. The van der Waals surface area contributed by atoms with Crippen molar-refractivity contribution in [3.05, 3.63) is 47.6 Å². The third-order valence-electron chi connectivity index (χ3n) is 3.29. The van der Waals surface area contributed by atoms with Gasteiger partial charge < -0.3 is 19.9 Å². The third kappa shape index (κ3) is 5.26. The molecule has 0 aliphatic carbocycles. The number of urea groups is 1. The molecule has 2 aromatic rings. The molecule has 0 saturated heterocycles. The van der Waals surface area contributed by atoms with Crippen molar-refractivity contribution in [3.8, 4) is 5.75 Å². The van der Waals surface area contributed by atoms with Crippen molar-refractivity contribution in [1.29, 1.82) is 0 Å². The number of nitrogens with one attached hydrogen (secondary N) is 2. The van der Waals surface area contributed by atoms with Crippen molar-refractivity contribution >= 4 is 6.03 Å². The van der Waals surface area contributed by atoms with Crippen LogP contribution in [0.25, 0.3) is 0 Å². The predicted octanol–water partition coefficient (Wildman–Crippen LogP) is 3.20. The van der Waals surface area contributed by atoms with E-state index in [9.17, 15) is 9.18 Å². The van der Waals surface area contributed by atoms with E-state index in [0.717, 1.165) is 5.69 Å². The number of nitrogens with zero attached hydrogens (tertiary/aromatic N) is 1. The van der Waals surface area contributed by atoms with E-state index in [4.69, 9.17) is 9.26 Å². The molecule has 2 rings (SSSR count). The first kappa shape index (κ1) is 17.8. The molecule has 1 atom stereocenters. The number of para-hydroxylation sites is 1. The van der Waals surface area contributed by atoms with E-state index in [0.29, 0.717) is 5.76 Å². The second-order valence-corrected chi connectivity index (χ2v) is 5.84. The van der Waals surface area contributed by atoms with Crippen molar-refractivity contribution in [3.63, 3.8) is 0 Å². The van der Waals surface area contributed by atoms with Crippen LogP contribution >= 0.6 is 0 Å². The summed E-state index contributed by atoms with van der Waals surface area (Å²) in [5, 5.41) is 9.31. The van der Waals surface area contributed by atoms with Crippen LogP contribution in [0.5, 0.6) is 5.75 Å². The van der Waals surface area contributed by atoms with Gasteiger partial charge in [0.05, 0.1) is 18.3 Å². The fraction of sp³-hybridized carbons (Fsp3) is 0.412. The quantitative estimate of drug-likeness (QED) is 0.815. The minimum atomic E-state index is -0.430. The van der Waals surface area contributed by atoms with E-state index in [1.165, 1.54) is 6.07 Å². The SMILES string of the molecule is CC(C)c1cc(CNC(=O)N[C@H](C)COc2ccccc2F)on1. The molecule has 0 fully saturated rings. The summed E-state index contributed by atoms with van der Waals surface area (Å²) in [5.41, 5.74) is 0.846. The largest absolute Gasteiger partial charge is 0.488 e. The van der Waals surface area contributed by atoms with Crippen molar-refractivity contribution < 1.29 is 18.4 Å². The Bertz CT molecular complexity index is 673. The predicted molar refractivity (Wildman–Crippen MR) is 87.3 cm³/mol. The fourth-order valence-electron chi connectivity index (χ4n) is 1.94. The zero-order valence-electron chi connectivity index (χ0n) is 14.0. The van der Waals surface area contributed by atoms with Crippen LogP contribution in [0, 0.1) is 5.82 Å². The van der Waals surface area contributed by atoms with Crippen LogP contribution in [0.1, 0.15) is 38.1 Å². The minimum absolute atomic E-state index is 0.161. The summed E-state index contributed by atoms with van der Waals surface area (Å²) in [6, 6.07) is 7.31. The van der Waals surface area contributed by atoms with Gasteiger partial charge in [-0.15, -0.1) is 0 Å². The Kier molecular flexibility index (Phi) is 6.17. The molecule has 0 aliphatic heterocycles. The van der Waals surface area contributed by atoms with Gasteiger partial charge in [-0.1, -0.05) is 31.1 Å². The number of halogens is 1. The van der Waals surface area contributed by atoms with E-state index in [2.05, 4.69) is 15.8 Å². The highest BCUT2D eigenvalue weighted by molar-refractivity contribution is 5.74. The van der Waals surface area contributed by atoms with E-state index in [1.54, 1.807) is 25.1 Å². The summed E-state index contributed by atoms with van der Waals surface area (Å²) >= 11 is 0. The molecule has 24 heavy (non-hydrogen) atoms. The average molecular weight is 335 g/mol. The topological polar surface area (TPSA) is 76.4 Å². The van der Waals surface area contributed by atoms with Gasteiger partial charge >= 0.3 is 6.03 Å². The number of hydrogen-bond acceptors (Lipinski definition) is 4. The van der Waals surface area contributed by atoms with Crippen LogP contribution in [0.3, 0.4) is 0 Å². The lowest BCUT2D eigenvalue weighted by atomic mass is 10.1. The number of amides is 2. The highest BCUT2D eigenvalue weighted by Gasteiger charge is 2.11. The van der Waals surface area contributed by atoms with Crippen LogP contribution in [0.15, 0.2) is 34.9 Å². The Morgan fingerprint density at radius 1 is 1.33 bits per heavy atom. The van der Waals surface area contributed by atoms with E-state index >= 15 is 0 Å². The second-order valence-electron chi connectivity index (χ2n) is 5.84. The lowest BCUT2D eigenvalue weighted by molar-refractivity contribution is 0.223. The number of ether oxygens (including phenoxy) is 1. The number of rotatable bonds is 7. The molecule has 0 unspecified atom stereocenters. The normalized spacial score (nSPS) is 12.0. The second kappa shape index (κ2) is 8.33. The first-order valence-corrected chi connectivity index (χ1v) is 7.83. The van der Waals surface area contributed by atoms with Gasteiger partial charge in [0.2, 0.25) is 0 Å². The van der Waals surface area contributed by atoms with Gasteiger partial charge in [0.15, 0.2) is 17.3 Å². The Morgan fingerprint density at radius 3 is 2.75 bits per heavy atom. The number of benzene rings is 1. The molecule has 1 aromatic carbocycles. The molecule has 6 nitrogen and oxygen atoms in total. The monoisotopic (exact) mass is 335 g/mol. The van der Waals surface area contributed by atoms with Crippen LogP contribution in [-0.2, 0) is 6.54 Å². The standard InChI is InChI=1S/C17H22FN3O3/c1-11(2)15-8-13(24-21-15)9-19-17(22)20-12(3)10-23-16-7-5-4-6-14(16)18/h4-8,11-12H,9-10H2,1-3H3,(H2,19,20,22)/t12-/m1/s1. The summed E-state index contributed by atoms with van der Waals surface area (Å²) in [7, 11) is 0. The number of carbonyl (C=O) groups is 1. The van der Waals surface area contributed by atoms with Crippen LogP contribution in [0.4, 0.5) is 9.18 Å². The molecule has 2 N–H and O–H groups in total. The zero-order chi connectivity index (χ0) is 17.5. The summed E-state index contributed by atoms with van der Waals surface area (Å²) in [6.45, 7) is 6.20. The maximum atomic E-state index is 13.4. The number of aromatic nitrogens is 1. The Labute approximate surface area is 140 Å². The Balaban J connectivity index is 1.72. The summed E-state index contributed by atoms with van der Waals surface area (Å²) in [4.78, 5) is 11.8. The maximum absolute atomic E-state index is 13.4. The van der Waals surface area contributed by atoms with Gasteiger partial charge in [-0.2, -0.15) is 0 Å². The lowest BCUT2D eigenvalue weighted by Gasteiger charge is -2.15. The van der Waals surface area contributed by atoms with E-state index in [1.807, 2.05) is 19.9 Å². The van der Waals surface area contributed by atoms with E-state index < -0.39 is 5.82 Å². The molecule has 130 valence electrons.